The van der Waals surface area contributed by atoms with Crippen LogP contribution in [0.2, 0.25) is 5.15 Å². The van der Waals surface area contributed by atoms with Crippen LogP contribution in [0.1, 0.15) is 25.7 Å². The van der Waals surface area contributed by atoms with E-state index in [9.17, 15) is 0 Å². The highest BCUT2D eigenvalue weighted by Gasteiger charge is 2.22. The number of aromatic nitrogens is 3. The fourth-order valence-electron chi connectivity index (χ4n) is 1.97. The van der Waals surface area contributed by atoms with Crippen molar-refractivity contribution in [3.63, 3.8) is 0 Å². The summed E-state index contributed by atoms with van der Waals surface area (Å²) in [4.78, 5) is 8.21. The number of alkyl halides is 1. The molecule has 19 heavy (non-hydrogen) atoms. The van der Waals surface area contributed by atoms with Gasteiger partial charge in [-0.05, 0) is 43.6 Å². The number of hydrogen-bond acceptors (Lipinski definition) is 2. The van der Waals surface area contributed by atoms with E-state index in [1.165, 1.54) is 37.3 Å². The molecule has 102 valence electrons. The molecule has 2 fully saturated rings. The first kappa shape index (κ1) is 13.4. The van der Waals surface area contributed by atoms with E-state index in [1.54, 1.807) is 0 Å². The smallest absolute Gasteiger partial charge is 0.144 e. The van der Waals surface area contributed by atoms with Gasteiger partial charge in [0.2, 0.25) is 0 Å². The van der Waals surface area contributed by atoms with Gasteiger partial charge in [-0.25, -0.2) is 9.97 Å². The molecule has 3 nitrogen and oxygen atoms in total. The average molecular weight is 343 g/mol. The second-order valence-corrected chi connectivity index (χ2v) is 6.42. The first-order valence-corrected chi connectivity index (χ1v) is 8.29. The topological polar surface area (TPSA) is 30.7 Å². The number of halogens is 2. The van der Waals surface area contributed by atoms with Crippen LogP contribution in [0.25, 0.3) is 11.0 Å². The fourth-order valence-corrected chi connectivity index (χ4v) is 2.81. The van der Waals surface area contributed by atoms with Gasteiger partial charge in [-0.2, -0.15) is 0 Å². The van der Waals surface area contributed by atoms with Crippen molar-refractivity contribution in [2.45, 2.75) is 32.2 Å². The molecule has 0 N–H and O–H groups in total. The predicted octanol–water partition coefficient (Wildman–Crippen LogP) is 4.29. The maximum atomic E-state index is 5.96. The van der Waals surface area contributed by atoms with E-state index in [1.807, 2.05) is 12.3 Å². The molecule has 2 aromatic heterocycles. The summed E-state index contributed by atoms with van der Waals surface area (Å²) in [5, 5.41) is 2.73. The summed E-state index contributed by atoms with van der Waals surface area (Å²) in [6.45, 7) is 1.07. The first-order valence-electron chi connectivity index (χ1n) is 6.79. The monoisotopic (exact) mass is 341 g/mol. The lowest BCUT2D eigenvalue weighted by Gasteiger charge is -2.01. The third-order valence-electron chi connectivity index (χ3n) is 3.57. The minimum absolute atomic E-state index is 0.546. The van der Waals surface area contributed by atoms with Crippen LogP contribution in [0.15, 0.2) is 18.6 Å². The van der Waals surface area contributed by atoms with Gasteiger partial charge >= 0.3 is 0 Å². The molecule has 2 aliphatic rings. The predicted molar refractivity (Wildman–Crippen MR) is 81.8 cm³/mol. The van der Waals surface area contributed by atoms with Gasteiger partial charge in [-0.15, -0.1) is 0 Å². The van der Waals surface area contributed by atoms with E-state index in [2.05, 4.69) is 30.5 Å². The Labute approximate surface area is 126 Å². The van der Waals surface area contributed by atoms with Gasteiger partial charge in [0.15, 0.2) is 0 Å². The van der Waals surface area contributed by atoms with Crippen molar-refractivity contribution in [1.82, 2.24) is 14.5 Å². The van der Waals surface area contributed by atoms with Crippen LogP contribution < -0.4 is 0 Å². The number of nitrogens with zero attached hydrogens (tertiary/aromatic N) is 3. The van der Waals surface area contributed by atoms with Crippen LogP contribution in [0.5, 0.6) is 0 Å². The Hall–Kier alpha value is -0.610. The zero-order chi connectivity index (χ0) is 13.2. The standard InChI is InChI=1S/C10H10ClN3.C4H7Br/c11-9-8-3-4-14(5-7-1-2-7)10(8)13-6-12-9;5-3-4-1-2-4/h3-4,6-7H,1-2,5H2;4H,1-3H2. The van der Waals surface area contributed by atoms with Gasteiger partial charge in [0.1, 0.15) is 17.1 Å². The minimum Gasteiger partial charge on any atom is -0.332 e. The molecule has 0 unspecified atom stereocenters. The lowest BCUT2D eigenvalue weighted by Crippen LogP contribution is -1.99. The van der Waals surface area contributed by atoms with Crippen molar-refractivity contribution in [2.75, 3.05) is 5.33 Å². The molecule has 0 amide bonds. The third kappa shape index (κ3) is 3.48. The summed E-state index contributed by atoms with van der Waals surface area (Å²) in [6, 6.07) is 1.99. The first-order chi connectivity index (χ1) is 9.28. The SMILES string of the molecule is BrCC1CC1.Clc1ncnc2c1ccn2CC1CC1. The van der Waals surface area contributed by atoms with Crippen molar-refractivity contribution < 1.29 is 0 Å². The van der Waals surface area contributed by atoms with Crippen molar-refractivity contribution >= 4 is 38.6 Å². The molecule has 2 aromatic rings. The molecular formula is C14H17BrClN3. The largest absolute Gasteiger partial charge is 0.332 e. The molecule has 0 aromatic carbocycles. The third-order valence-corrected chi connectivity index (χ3v) is 4.79. The zero-order valence-electron chi connectivity index (χ0n) is 10.7. The maximum Gasteiger partial charge on any atom is 0.144 e. The summed E-state index contributed by atoms with van der Waals surface area (Å²) in [5.41, 5.74) is 0.955. The lowest BCUT2D eigenvalue weighted by atomic mass is 10.4. The molecule has 0 bridgehead atoms. The molecule has 0 saturated heterocycles. The molecular weight excluding hydrogens is 326 g/mol. The Morgan fingerprint density at radius 3 is 2.53 bits per heavy atom. The van der Waals surface area contributed by atoms with Crippen molar-refractivity contribution in [3.8, 4) is 0 Å². The van der Waals surface area contributed by atoms with E-state index in [0.717, 1.165) is 29.4 Å². The average Bonchev–Trinajstić information content (AvgIpc) is 3.32. The van der Waals surface area contributed by atoms with E-state index >= 15 is 0 Å². The van der Waals surface area contributed by atoms with Crippen LogP contribution >= 0.6 is 27.5 Å². The van der Waals surface area contributed by atoms with Crippen molar-refractivity contribution in [3.05, 3.63) is 23.7 Å². The van der Waals surface area contributed by atoms with Gasteiger partial charge in [0.25, 0.3) is 0 Å². The van der Waals surface area contributed by atoms with Crippen molar-refractivity contribution in [1.29, 1.82) is 0 Å². The second kappa shape index (κ2) is 5.80. The Morgan fingerprint density at radius 1 is 1.21 bits per heavy atom. The molecule has 0 aliphatic heterocycles. The molecule has 4 rings (SSSR count). The van der Waals surface area contributed by atoms with Crippen LogP contribution in [0, 0.1) is 11.8 Å². The highest BCUT2D eigenvalue weighted by atomic mass is 79.9. The molecule has 2 heterocycles. The Morgan fingerprint density at radius 2 is 1.95 bits per heavy atom. The van der Waals surface area contributed by atoms with E-state index in [-0.39, 0.29) is 0 Å². The second-order valence-electron chi connectivity index (χ2n) is 5.41. The highest BCUT2D eigenvalue weighted by Crippen LogP contribution is 2.32. The van der Waals surface area contributed by atoms with E-state index in [4.69, 9.17) is 11.6 Å². The molecule has 0 spiro atoms. The Bertz CT molecular complexity index is 561. The van der Waals surface area contributed by atoms with Gasteiger partial charge in [0.05, 0.1) is 5.39 Å². The van der Waals surface area contributed by atoms with Gasteiger partial charge in [-0.1, -0.05) is 27.5 Å². The summed E-state index contributed by atoms with van der Waals surface area (Å²) in [5.74, 6) is 1.90. The molecule has 0 radical (unpaired) electrons. The molecule has 2 aliphatic carbocycles. The van der Waals surface area contributed by atoms with Crippen LogP contribution in [-0.2, 0) is 6.54 Å². The lowest BCUT2D eigenvalue weighted by molar-refractivity contribution is 0.642. The number of hydrogen-bond donors (Lipinski definition) is 0. The van der Waals surface area contributed by atoms with Crippen LogP contribution in [0.3, 0.4) is 0 Å². The summed E-state index contributed by atoms with van der Waals surface area (Å²) in [7, 11) is 0. The van der Waals surface area contributed by atoms with Gasteiger partial charge in [0, 0.05) is 18.1 Å². The summed E-state index contributed by atoms with van der Waals surface area (Å²) >= 11 is 9.33. The zero-order valence-corrected chi connectivity index (χ0v) is 13.1. The van der Waals surface area contributed by atoms with Crippen LogP contribution in [0.4, 0.5) is 0 Å². The van der Waals surface area contributed by atoms with Gasteiger partial charge < -0.3 is 4.57 Å². The normalized spacial score (nSPS) is 18.2. The maximum absolute atomic E-state index is 5.96. The highest BCUT2D eigenvalue weighted by molar-refractivity contribution is 9.09. The van der Waals surface area contributed by atoms with E-state index < -0.39 is 0 Å². The van der Waals surface area contributed by atoms with Gasteiger partial charge in [-0.3, -0.25) is 0 Å². The Kier molecular flexibility index (Phi) is 4.08. The number of rotatable bonds is 3. The minimum atomic E-state index is 0.546. The van der Waals surface area contributed by atoms with Crippen LogP contribution in [-0.4, -0.2) is 19.9 Å². The quantitative estimate of drug-likeness (QED) is 0.615. The molecule has 0 atom stereocenters. The summed E-state index contributed by atoms with van der Waals surface area (Å²) in [6.07, 6.45) is 9.19. The van der Waals surface area contributed by atoms with Crippen molar-refractivity contribution in [2.24, 2.45) is 11.8 Å². The molecule has 5 heteroatoms. The fraction of sp³-hybridized carbons (Fsp3) is 0.571. The summed E-state index contributed by atoms with van der Waals surface area (Å²) < 4.78 is 2.17. The van der Waals surface area contributed by atoms with E-state index in [0.29, 0.717) is 5.15 Å². The Balaban J connectivity index is 0.000000187. The number of fused-ring (bicyclic) bond motifs is 1. The molecule has 2 saturated carbocycles.